The number of nitrogens with two attached hydrogens (primary N) is 1. The molecule has 7 nitrogen and oxygen atoms in total. The fraction of sp³-hybridized carbons (Fsp3) is 0.208. The number of benzene rings is 3. The highest BCUT2D eigenvalue weighted by Crippen LogP contribution is 2.51. The summed E-state index contributed by atoms with van der Waals surface area (Å²) in [6.07, 6.45) is 1.52. The van der Waals surface area contributed by atoms with E-state index in [9.17, 15) is 13.2 Å². The summed E-state index contributed by atoms with van der Waals surface area (Å²) < 4.78 is 34.3. The molecule has 5 rings (SSSR count). The molecule has 3 N–H and O–H groups in total. The number of primary sulfonamides is 1. The second-order valence-electron chi connectivity index (χ2n) is 8.16. The van der Waals surface area contributed by atoms with Crippen LogP contribution in [0.4, 0.5) is 5.69 Å². The van der Waals surface area contributed by atoms with E-state index in [1.165, 1.54) is 12.1 Å². The average Bonchev–Trinajstić information content (AvgIpc) is 3.45. The minimum absolute atomic E-state index is 0. The lowest BCUT2D eigenvalue weighted by molar-refractivity contribution is -0.118. The van der Waals surface area contributed by atoms with Crippen LogP contribution in [-0.2, 0) is 20.2 Å². The summed E-state index contributed by atoms with van der Waals surface area (Å²) in [7, 11) is -3.81. The summed E-state index contributed by atoms with van der Waals surface area (Å²) in [5.41, 5.74) is 3.38. The van der Waals surface area contributed by atoms with Gasteiger partial charge in [-0.15, -0.1) is 0 Å². The van der Waals surface area contributed by atoms with Crippen LogP contribution >= 0.6 is 0 Å². The predicted molar refractivity (Wildman–Crippen MR) is 124 cm³/mol. The van der Waals surface area contributed by atoms with Gasteiger partial charge in [0.1, 0.15) is 0 Å². The van der Waals surface area contributed by atoms with Crippen LogP contribution in [-0.4, -0.2) is 21.1 Å². The second kappa shape index (κ2) is 7.36. The molecule has 3 aromatic rings. The van der Waals surface area contributed by atoms with Crippen molar-refractivity contribution in [2.45, 2.75) is 30.1 Å². The number of fused-ring (bicyclic) bond motifs is 1. The molecule has 1 amide bonds. The summed E-state index contributed by atoms with van der Waals surface area (Å²) >= 11 is 0. The van der Waals surface area contributed by atoms with Crippen LogP contribution in [0.5, 0.6) is 11.5 Å². The number of rotatable bonds is 5. The normalized spacial score (nSPS) is 15.9. The van der Waals surface area contributed by atoms with Gasteiger partial charge in [-0.05, 0) is 72.4 Å². The van der Waals surface area contributed by atoms with Crippen LogP contribution in [0.25, 0.3) is 11.1 Å². The van der Waals surface area contributed by atoms with Crippen molar-refractivity contribution in [2.24, 2.45) is 5.14 Å². The number of hydrogen-bond acceptors (Lipinski definition) is 5. The van der Waals surface area contributed by atoms with E-state index in [0.717, 1.165) is 29.5 Å². The molecule has 0 unspecified atom stereocenters. The van der Waals surface area contributed by atoms with Crippen molar-refractivity contribution < 1.29 is 25.5 Å². The molecule has 2 aliphatic rings. The molecule has 0 saturated heterocycles. The third kappa shape index (κ3) is 3.51. The largest absolute Gasteiger partial charge is 0.454 e. The van der Waals surface area contributed by atoms with Gasteiger partial charge in [0.25, 0.3) is 0 Å². The molecule has 8 heteroatoms. The third-order valence-electron chi connectivity index (χ3n) is 6.17. The molecule has 0 atom stereocenters. The number of carbonyl (C=O) groups is 1. The lowest BCUT2D eigenvalue weighted by Gasteiger charge is -2.19. The standard InChI is InChI=1S/C24H22N2O5S.2H2/c1-15-19(16-4-2-5-18(12-16)32(25,28)29)6-3-7-20(15)26-23(27)24(10-11-24)17-8-9-21-22(13-17)31-14-30-21;;/h2-9,12-13H,10-11,14H2,1H3,(H,26,27)(H2,25,28,29);2*1H. The first-order valence-electron chi connectivity index (χ1n) is 10.2. The summed E-state index contributed by atoms with van der Waals surface area (Å²) in [4.78, 5) is 13.3. The van der Waals surface area contributed by atoms with Crippen molar-refractivity contribution in [1.29, 1.82) is 0 Å². The molecule has 0 radical (unpaired) electrons. The molecule has 32 heavy (non-hydrogen) atoms. The van der Waals surface area contributed by atoms with Crippen molar-refractivity contribution in [1.82, 2.24) is 0 Å². The van der Waals surface area contributed by atoms with Gasteiger partial charge in [-0.3, -0.25) is 4.79 Å². The molecular weight excluding hydrogens is 428 g/mol. The van der Waals surface area contributed by atoms with Crippen molar-refractivity contribution in [2.75, 3.05) is 12.1 Å². The zero-order chi connectivity index (χ0) is 22.5. The molecule has 1 aliphatic heterocycles. The van der Waals surface area contributed by atoms with Crippen LogP contribution in [0.1, 0.15) is 26.8 Å². The zero-order valence-corrected chi connectivity index (χ0v) is 18.2. The number of amides is 1. The quantitative estimate of drug-likeness (QED) is 0.601. The summed E-state index contributed by atoms with van der Waals surface area (Å²) in [6.45, 7) is 2.09. The lowest BCUT2D eigenvalue weighted by Crippen LogP contribution is -2.28. The lowest BCUT2D eigenvalue weighted by atomic mass is 9.93. The molecule has 1 aliphatic carbocycles. The Labute approximate surface area is 189 Å². The van der Waals surface area contributed by atoms with Crippen LogP contribution < -0.4 is 19.9 Å². The molecule has 168 valence electrons. The molecule has 0 aromatic heterocycles. The maximum absolute atomic E-state index is 13.3. The number of carbonyl (C=O) groups excluding carboxylic acids is 1. The van der Waals surface area contributed by atoms with Gasteiger partial charge in [0.05, 0.1) is 10.3 Å². The topological polar surface area (TPSA) is 108 Å². The summed E-state index contributed by atoms with van der Waals surface area (Å²) in [5.74, 6) is 1.28. The SMILES string of the molecule is Cc1c(NC(=O)C2(c3ccc4c(c3)OCO4)CC2)cccc1-c1cccc(S(N)(=O)=O)c1.[HH].[HH]. The second-order valence-corrected chi connectivity index (χ2v) is 9.72. The number of sulfonamides is 1. The minimum Gasteiger partial charge on any atom is -0.454 e. The highest BCUT2D eigenvalue weighted by Gasteiger charge is 2.51. The van der Waals surface area contributed by atoms with Crippen molar-refractivity contribution in [3.05, 3.63) is 71.8 Å². The Morgan fingerprint density at radius 2 is 1.78 bits per heavy atom. The fourth-order valence-electron chi connectivity index (χ4n) is 4.13. The van der Waals surface area contributed by atoms with Crippen molar-refractivity contribution >= 4 is 21.6 Å². The van der Waals surface area contributed by atoms with E-state index in [1.54, 1.807) is 6.07 Å². The van der Waals surface area contributed by atoms with Gasteiger partial charge in [0.2, 0.25) is 22.7 Å². The molecule has 0 spiro atoms. The van der Waals surface area contributed by atoms with Gasteiger partial charge in [-0.2, -0.15) is 0 Å². The Hall–Kier alpha value is -3.36. The van der Waals surface area contributed by atoms with E-state index in [4.69, 9.17) is 14.6 Å². The predicted octanol–water partition coefficient (Wildman–Crippen LogP) is 4.20. The Kier molecular flexibility index (Phi) is 4.72. The maximum Gasteiger partial charge on any atom is 0.238 e. The molecule has 0 bridgehead atoms. The van der Waals surface area contributed by atoms with Crippen LogP contribution in [0, 0.1) is 6.92 Å². The first kappa shape index (κ1) is 20.5. The minimum atomic E-state index is -3.81. The molecule has 1 heterocycles. The first-order valence-corrected chi connectivity index (χ1v) is 11.8. The number of ether oxygens (including phenoxy) is 2. The number of hydrogen-bond donors (Lipinski definition) is 2. The van der Waals surface area contributed by atoms with Gasteiger partial charge < -0.3 is 14.8 Å². The number of anilines is 1. The van der Waals surface area contributed by atoms with E-state index in [0.29, 0.717) is 22.7 Å². The Bertz CT molecular complexity index is 1360. The van der Waals surface area contributed by atoms with E-state index < -0.39 is 15.4 Å². The molecular formula is C24H26N2O5S. The van der Waals surface area contributed by atoms with Crippen molar-refractivity contribution in [3.8, 4) is 22.6 Å². The van der Waals surface area contributed by atoms with Gasteiger partial charge in [0.15, 0.2) is 11.5 Å². The van der Waals surface area contributed by atoms with E-state index in [1.807, 2.05) is 49.4 Å². The third-order valence-corrected chi connectivity index (χ3v) is 7.08. The van der Waals surface area contributed by atoms with Crippen LogP contribution in [0.2, 0.25) is 0 Å². The number of nitrogens with one attached hydrogen (secondary N) is 1. The van der Waals surface area contributed by atoms with Gasteiger partial charge in [0, 0.05) is 8.54 Å². The smallest absolute Gasteiger partial charge is 0.238 e. The Morgan fingerprint density at radius 3 is 2.53 bits per heavy atom. The fourth-order valence-corrected chi connectivity index (χ4v) is 4.69. The molecule has 1 saturated carbocycles. The van der Waals surface area contributed by atoms with Gasteiger partial charge >= 0.3 is 0 Å². The van der Waals surface area contributed by atoms with Gasteiger partial charge in [-0.25, -0.2) is 13.6 Å². The average molecular weight is 455 g/mol. The molecule has 1 fully saturated rings. The Morgan fingerprint density at radius 1 is 1.03 bits per heavy atom. The maximum atomic E-state index is 13.3. The zero-order valence-electron chi connectivity index (χ0n) is 17.4. The van der Waals surface area contributed by atoms with E-state index in [2.05, 4.69) is 5.32 Å². The van der Waals surface area contributed by atoms with Crippen molar-refractivity contribution in [3.63, 3.8) is 0 Å². The van der Waals surface area contributed by atoms with Crippen LogP contribution in [0.3, 0.4) is 0 Å². The van der Waals surface area contributed by atoms with E-state index in [-0.39, 0.29) is 20.4 Å². The van der Waals surface area contributed by atoms with Crippen LogP contribution in [0.15, 0.2) is 65.6 Å². The highest BCUT2D eigenvalue weighted by molar-refractivity contribution is 7.89. The van der Waals surface area contributed by atoms with E-state index >= 15 is 0 Å². The first-order chi connectivity index (χ1) is 15.3. The molecule has 3 aromatic carbocycles. The van der Waals surface area contributed by atoms with Gasteiger partial charge in [-0.1, -0.05) is 30.3 Å². The highest BCUT2D eigenvalue weighted by atomic mass is 32.2. The Balaban J connectivity index is 0.00000162. The summed E-state index contributed by atoms with van der Waals surface area (Å²) in [6, 6.07) is 17.7. The monoisotopic (exact) mass is 454 g/mol. The summed E-state index contributed by atoms with van der Waals surface area (Å²) in [5, 5.41) is 8.36.